The summed E-state index contributed by atoms with van der Waals surface area (Å²) in [4.78, 5) is 14.3. The molecule has 2 heterocycles. The standard InChI is InChI=1S/C14H19N3OS/c1-8-4-5-17(7-9(8)2)14-11(6-15)12(16)13(19-14)10(3)18/h8-9H,4-5,7,16H2,1-3H3. The fourth-order valence-corrected chi connectivity index (χ4v) is 3.57. The lowest BCUT2D eigenvalue weighted by Gasteiger charge is -2.36. The SMILES string of the molecule is CC(=O)c1sc(N2CCC(C)C(C)C2)c(C#N)c1N. The summed E-state index contributed by atoms with van der Waals surface area (Å²) in [6, 6.07) is 2.15. The lowest BCUT2D eigenvalue weighted by molar-refractivity contribution is 0.102. The van der Waals surface area contributed by atoms with Gasteiger partial charge in [0.2, 0.25) is 0 Å². The molecule has 102 valence electrons. The molecule has 2 atom stereocenters. The predicted molar refractivity (Wildman–Crippen MR) is 78.6 cm³/mol. The molecule has 2 unspecified atom stereocenters. The number of hydrogen-bond acceptors (Lipinski definition) is 5. The number of hydrogen-bond donors (Lipinski definition) is 1. The summed E-state index contributed by atoms with van der Waals surface area (Å²) in [7, 11) is 0. The first-order valence-electron chi connectivity index (χ1n) is 6.54. The van der Waals surface area contributed by atoms with Crippen LogP contribution in [0.15, 0.2) is 0 Å². The van der Waals surface area contributed by atoms with Crippen molar-refractivity contribution in [3.8, 4) is 6.07 Å². The molecule has 2 rings (SSSR count). The van der Waals surface area contributed by atoms with Gasteiger partial charge >= 0.3 is 0 Å². The summed E-state index contributed by atoms with van der Waals surface area (Å²) in [6.45, 7) is 7.83. The molecule has 0 amide bonds. The molecule has 1 saturated heterocycles. The third-order valence-electron chi connectivity index (χ3n) is 3.98. The monoisotopic (exact) mass is 277 g/mol. The normalized spacial score (nSPS) is 23.2. The van der Waals surface area contributed by atoms with Gasteiger partial charge in [0.15, 0.2) is 5.78 Å². The van der Waals surface area contributed by atoms with Crippen LogP contribution in [0.1, 0.15) is 42.4 Å². The van der Waals surface area contributed by atoms with Crippen LogP contribution in [-0.2, 0) is 0 Å². The molecule has 0 saturated carbocycles. The largest absolute Gasteiger partial charge is 0.396 e. The van der Waals surface area contributed by atoms with Crippen molar-refractivity contribution in [2.24, 2.45) is 11.8 Å². The van der Waals surface area contributed by atoms with Crippen molar-refractivity contribution in [3.63, 3.8) is 0 Å². The van der Waals surface area contributed by atoms with E-state index in [1.54, 1.807) is 0 Å². The second-order valence-corrected chi connectivity index (χ2v) is 6.38. The number of carbonyl (C=O) groups is 1. The Morgan fingerprint density at radius 2 is 2.16 bits per heavy atom. The van der Waals surface area contributed by atoms with Gasteiger partial charge in [-0.15, -0.1) is 11.3 Å². The fraction of sp³-hybridized carbons (Fsp3) is 0.571. The highest BCUT2D eigenvalue weighted by Crippen LogP contribution is 2.40. The molecule has 0 bridgehead atoms. The number of carbonyl (C=O) groups excluding carboxylic acids is 1. The molecule has 2 N–H and O–H groups in total. The average molecular weight is 277 g/mol. The van der Waals surface area contributed by atoms with E-state index < -0.39 is 0 Å². The van der Waals surface area contributed by atoms with Gasteiger partial charge in [0.1, 0.15) is 16.6 Å². The van der Waals surface area contributed by atoms with Gasteiger partial charge < -0.3 is 10.6 Å². The number of rotatable bonds is 2. The van der Waals surface area contributed by atoms with Crippen molar-refractivity contribution in [1.29, 1.82) is 5.26 Å². The molecule has 1 aliphatic heterocycles. The number of ketones is 1. The van der Waals surface area contributed by atoms with E-state index in [1.165, 1.54) is 18.3 Å². The van der Waals surface area contributed by atoms with E-state index in [0.717, 1.165) is 24.5 Å². The van der Waals surface area contributed by atoms with Crippen molar-refractivity contribution < 1.29 is 4.79 Å². The maximum Gasteiger partial charge on any atom is 0.171 e. The number of thiophene rings is 1. The number of nitriles is 1. The number of nitrogens with zero attached hydrogens (tertiary/aromatic N) is 2. The molecular weight excluding hydrogens is 258 g/mol. The molecule has 4 nitrogen and oxygen atoms in total. The van der Waals surface area contributed by atoms with Crippen molar-refractivity contribution in [1.82, 2.24) is 0 Å². The molecule has 0 spiro atoms. The summed E-state index contributed by atoms with van der Waals surface area (Å²) in [6.07, 6.45) is 1.11. The fourth-order valence-electron chi connectivity index (χ4n) is 2.47. The second kappa shape index (κ2) is 5.22. The third kappa shape index (κ3) is 2.45. The van der Waals surface area contributed by atoms with Crippen LogP contribution in [0.2, 0.25) is 0 Å². The summed E-state index contributed by atoms with van der Waals surface area (Å²) in [5.74, 6) is 1.22. The smallest absolute Gasteiger partial charge is 0.171 e. The van der Waals surface area contributed by atoms with Gasteiger partial charge in [-0.3, -0.25) is 4.79 Å². The van der Waals surface area contributed by atoms with Crippen LogP contribution >= 0.6 is 11.3 Å². The van der Waals surface area contributed by atoms with E-state index in [4.69, 9.17) is 5.73 Å². The lowest BCUT2D eigenvalue weighted by atomic mass is 9.89. The molecule has 1 fully saturated rings. The minimum Gasteiger partial charge on any atom is -0.396 e. The Hall–Kier alpha value is -1.54. The first-order chi connectivity index (χ1) is 8.95. The van der Waals surface area contributed by atoms with Gasteiger partial charge in [-0.2, -0.15) is 5.26 Å². The molecule has 19 heavy (non-hydrogen) atoms. The minimum atomic E-state index is -0.0660. The van der Waals surface area contributed by atoms with Crippen LogP contribution in [0.25, 0.3) is 0 Å². The zero-order valence-corrected chi connectivity index (χ0v) is 12.4. The maximum atomic E-state index is 11.5. The van der Waals surface area contributed by atoms with E-state index in [-0.39, 0.29) is 5.78 Å². The van der Waals surface area contributed by atoms with Gasteiger partial charge in [0.25, 0.3) is 0 Å². The quantitative estimate of drug-likeness (QED) is 0.844. The van der Waals surface area contributed by atoms with Gasteiger partial charge in [0, 0.05) is 20.0 Å². The Kier molecular flexibility index (Phi) is 3.81. The van der Waals surface area contributed by atoms with Gasteiger partial charge in [-0.05, 0) is 18.3 Å². The molecule has 0 aromatic carbocycles. The second-order valence-electron chi connectivity index (χ2n) is 5.38. The molecule has 1 aromatic rings. The Labute approximate surface area is 117 Å². The Morgan fingerprint density at radius 1 is 1.47 bits per heavy atom. The zero-order chi connectivity index (χ0) is 14.2. The number of Topliss-reactive ketones (excluding diaryl/α,β-unsaturated/α-hetero) is 1. The number of nitrogens with two attached hydrogens (primary N) is 1. The van der Waals surface area contributed by atoms with E-state index in [0.29, 0.717) is 28.0 Å². The maximum absolute atomic E-state index is 11.5. The topological polar surface area (TPSA) is 70.1 Å². The molecular formula is C14H19N3OS. The Bertz CT molecular complexity index is 544. The van der Waals surface area contributed by atoms with Crippen LogP contribution in [0.3, 0.4) is 0 Å². The number of piperidine rings is 1. The van der Waals surface area contributed by atoms with Gasteiger partial charge in [-0.1, -0.05) is 13.8 Å². The van der Waals surface area contributed by atoms with Crippen molar-refractivity contribution in [2.45, 2.75) is 27.2 Å². The van der Waals surface area contributed by atoms with Crippen LogP contribution in [0, 0.1) is 23.2 Å². The lowest BCUT2D eigenvalue weighted by Crippen LogP contribution is -2.38. The number of nitrogen functional groups attached to an aromatic ring is 1. The van der Waals surface area contributed by atoms with Gasteiger partial charge in [-0.25, -0.2) is 0 Å². The highest BCUT2D eigenvalue weighted by atomic mass is 32.1. The Morgan fingerprint density at radius 3 is 2.68 bits per heavy atom. The van der Waals surface area contributed by atoms with E-state index in [1.807, 2.05) is 0 Å². The summed E-state index contributed by atoms with van der Waals surface area (Å²) in [5, 5.41) is 10.1. The molecule has 0 radical (unpaired) electrons. The highest BCUT2D eigenvalue weighted by molar-refractivity contribution is 7.19. The van der Waals surface area contributed by atoms with Gasteiger partial charge in [0.05, 0.1) is 10.6 Å². The molecule has 5 heteroatoms. The first kappa shape index (κ1) is 13.9. The minimum absolute atomic E-state index is 0.0660. The summed E-state index contributed by atoms with van der Waals surface area (Å²) in [5.41, 5.74) is 6.74. The van der Waals surface area contributed by atoms with Crippen molar-refractivity contribution in [3.05, 3.63) is 10.4 Å². The van der Waals surface area contributed by atoms with Crippen LogP contribution in [-0.4, -0.2) is 18.9 Å². The van der Waals surface area contributed by atoms with E-state index in [2.05, 4.69) is 24.8 Å². The van der Waals surface area contributed by atoms with E-state index in [9.17, 15) is 10.1 Å². The van der Waals surface area contributed by atoms with Crippen molar-refractivity contribution >= 4 is 27.8 Å². The zero-order valence-electron chi connectivity index (χ0n) is 11.6. The molecule has 1 aromatic heterocycles. The van der Waals surface area contributed by atoms with Crippen LogP contribution in [0.5, 0.6) is 0 Å². The third-order valence-corrected chi connectivity index (χ3v) is 5.35. The molecule has 0 aliphatic carbocycles. The highest BCUT2D eigenvalue weighted by Gasteiger charge is 2.28. The first-order valence-corrected chi connectivity index (χ1v) is 7.35. The number of anilines is 2. The summed E-state index contributed by atoms with van der Waals surface area (Å²) >= 11 is 1.36. The van der Waals surface area contributed by atoms with Crippen LogP contribution in [0.4, 0.5) is 10.7 Å². The van der Waals surface area contributed by atoms with E-state index >= 15 is 0 Å². The summed E-state index contributed by atoms with van der Waals surface area (Å²) < 4.78 is 0. The predicted octanol–water partition coefficient (Wildman–Crippen LogP) is 2.89. The van der Waals surface area contributed by atoms with Crippen LogP contribution < -0.4 is 10.6 Å². The van der Waals surface area contributed by atoms with Crippen molar-refractivity contribution in [2.75, 3.05) is 23.7 Å². The molecule has 1 aliphatic rings. The Balaban J connectivity index is 2.38. The average Bonchev–Trinajstić information content (AvgIpc) is 2.70.